The summed E-state index contributed by atoms with van der Waals surface area (Å²) in [5, 5.41) is 4.43. The van der Waals surface area contributed by atoms with E-state index in [2.05, 4.69) is 21.8 Å². The first-order chi connectivity index (χ1) is 11.5. The molecular formula is C18H30N4O2. The highest BCUT2D eigenvalue weighted by Crippen LogP contribution is 2.26. The Labute approximate surface area is 144 Å². The van der Waals surface area contributed by atoms with Gasteiger partial charge in [0, 0.05) is 50.5 Å². The van der Waals surface area contributed by atoms with Crippen molar-refractivity contribution in [1.82, 2.24) is 19.6 Å². The second-order valence-electron chi connectivity index (χ2n) is 7.13. The highest BCUT2D eigenvalue weighted by Gasteiger charge is 2.38. The zero-order chi connectivity index (χ0) is 17.3. The average molecular weight is 334 g/mol. The van der Waals surface area contributed by atoms with Crippen molar-refractivity contribution in [1.29, 1.82) is 0 Å². The van der Waals surface area contributed by atoms with Gasteiger partial charge in [-0.2, -0.15) is 5.10 Å². The van der Waals surface area contributed by atoms with Gasteiger partial charge in [-0.3, -0.25) is 14.4 Å². The lowest BCUT2D eigenvalue weighted by Gasteiger charge is -2.34. The van der Waals surface area contributed by atoms with Crippen molar-refractivity contribution >= 4 is 5.91 Å². The molecule has 24 heavy (non-hydrogen) atoms. The Morgan fingerprint density at radius 1 is 1.25 bits per heavy atom. The minimum absolute atomic E-state index is 0.239. The summed E-state index contributed by atoms with van der Waals surface area (Å²) in [6, 6.07) is 0.485. The van der Waals surface area contributed by atoms with E-state index in [1.807, 2.05) is 25.6 Å². The molecule has 2 aliphatic heterocycles. The van der Waals surface area contributed by atoms with Gasteiger partial charge in [-0.15, -0.1) is 0 Å². The van der Waals surface area contributed by atoms with Crippen molar-refractivity contribution in [2.75, 3.05) is 39.4 Å². The van der Waals surface area contributed by atoms with E-state index >= 15 is 0 Å². The van der Waals surface area contributed by atoms with Crippen LogP contribution in [0.2, 0.25) is 0 Å². The van der Waals surface area contributed by atoms with E-state index in [0.29, 0.717) is 18.4 Å². The third-order valence-electron chi connectivity index (χ3n) is 5.79. The van der Waals surface area contributed by atoms with E-state index in [0.717, 1.165) is 62.8 Å². The van der Waals surface area contributed by atoms with Gasteiger partial charge in [-0.05, 0) is 19.8 Å². The maximum absolute atomic E-state index is 12.9. The Morgan fingerprint density at radius 2 is 1.96 bits per heavy atom. The van der Waals surface area contributed by atoms with Crippen LogP contribution in [-0.4, -0.2) is 70.9 Å². The fourth-order valence-corrected chi connectivity index (χ4v) is 4.12. The number of amides is 1. The summed E-state index contributed by atoms with van der Waals surface area (Å²) < 4.78 is 7.35. The maximum Gasteiger partial charge on any atom is 0.227 e. The zero-order valence-electron chi connectivity index (χ0n) is 15.4. The third-order valence-corrected chi connectivity index (χ3v) is 5.79. The van der Waals surface area contributed by atoms with Crippen LogP contribution in [0.5, 0.6) is 0 Å². The SMILES string of the molecule is CCC1CN(C(=O)Cc2c(C)nn(C)c2C)CC1N1CCOCC1. The van der Waals surface area contributed by atoms with Gasteiger partial charge < -0.3 is 9.64 Å². The van der Waals surface area contributed by atoms with Crippen LogP contribution in [0.4, 0.5) is 0 Å². The van der Waals surface area contributed by atoms with E-state index in [1.54, 1.807) is 0 Å². The quantitative estimate of drug-likeness (QED) is 0.829. The molecule has 0 N–H and O–H groups in total. The standard InChI is InChI=1S/C18H30N4O2/c1-5-15-11-22(12-17(15)21-6-8-24-9-7-21)18(23)10-16-13(2)19-20(4)14(16)3/h15,17H,5-12H2,1-4H3. The third kappa shape index (κ3) is 3.35. The van der Waals surface area contributed by atoms with Crippen LogP contribution in [0, 0.1) is 19.8 Å². The minimum atomic E-state index is 0.239. The van der Waals surface area contributed by atoms with Crippen molar-refractivity contribution in [2.45, 2.75) is 39.7 Å². The Morgan fingerprint density at radius 3 is 2.54 bits per heavy atom. The van der Waals surface area contributed by atoms with Crippen molar-refractivity contribution < 1.29 is 9.53 Å². The Balaban J connectivity index is 1.67. The van der Waals surface area contributed by atoms with E-state index in [4.69, 9.17) is 4.74 Å². The molecule has 3 rings (SSSR count). The lowest BCUT2D eigenvalue weighted by molar-refractivity contribution is -0.129. The largest absolute Gasteiger partial charge is 0.379 e. The van der Waals surface area contributed by atoms with E-state index < -0.39 is 0 Å². The number of aryl methyl sites for hydroxylation is 2. The van der Waals surface area contributed by atoms with Gasteiger partial charge in [0.05, 0.1) is 25.3 Å². The molecule has 6 nitrogen and oxygen atoms in total. The zero-order valence-corrected chi connectivity index (χ0v) is 15.4. The molecule has 1 aromatic rings. The van der Waals surface area contributed by atoms with Gasteiger partial charge in [0.25, 0.3) is 0 Å². The normalized spacial score (nSPS) is 25.4. The summed E-state index contributed by atoms with van der Waals surface area (Å²) in [6.07, 6.45) is 1.59. The Bertz CT molecular complexity index is 592. The number of ether oxygens (including phenoxy) is 1. The summed E-state index contributed by atoms with van der Waals surface area (Å²) in [5.41, 5.74) is 3.15. The van der Waals surface area contributed by atoms with Crippen LogP contribution in [0.1, 0.15) is 30.3 Å². The molecule has 2 fully saturated rings. The smallest absolute Gasteiger partial charge is 0.227 e. The molecule has 0 radical (unpaired) electrons. The van der Waals surface area contributed by atoms with Crippen LogP contribution >= 0.6 is 0 Å². The van der Waals surface area contributed by atoms with Crippen LogP contribution < -0.4 is 0 Å². The fourth-order valence-electron chi connectivity index (χ4n) is 4.12. The molecule has 1 aromatic heterocycles. The summed E-state index contributed by atoms with van der Waals surface area (Å²) in [5.74, 6) is 0.812. The van der Waals surface area contributed by atoms with Gasteiger partial charge >= 0.3 is 0 Å². The number of morpholine rings is 1. The monoisotopic (exact) mass is 334 g/mol. The topological polar surface area (TPSA) is 50.6 Å². The highest BCUT2D eigenvalue weighted by atomic mass is 16.5. The molecule has 134 valence electrons. The van der Waals surface area contributed by atoms with Gasteiger partial charge in [0.1, 0.15) is 0 Å². The van der Waals surface area contributed by atoms with E-state index in [-0.39, 0.29) is 5.91 Å². The lowest BCUT2D eigenvalue weighted by Crippen LogP contribution is -2.47. The Kier molecular flexibility index (Phi) is 5.25. The predicted octanol–water partition coefficient (Wildman–Crippen LogP) is 1.15. The number of hydrogen-bond acceptors (Lipinski definition) is 4. The maximum atomic E-state index is 12.9. The van der Waals surface area contributed by atoms with Gasteiger partial charge in [0.15, 0.2) is 0 Å². The predicted molar refractivity (Wildman–Crippen MR) is 92.9 cm³/mol. The van der Waals surface area contributed by atoms with Crippen LogP contribution in [0.3, 0.4) is 0 Å². The molecule has 0 aliphatic carbocycles. The molecule has 2 atom stereocenters. The number of hydrogen-bond donors (Lipinski definition) is 0. The average Bonchev–Trinajstić information content (AvgIpc) is 3.12. The first-order valence-electron chi connectivity index (χ1n) is 9.09. The van der Waals surface area contributed by atoms with Gasteiger partial charge in [0.2, 0.25) is 5.91 Å². The minimum Gasteiger partial charge on any atom is -0.379 e. The number of carbonyl (C=O) groups excluding carboxylic acids is 1. The number of rotatable bonds is 4. The summed E-state index contributed by atoms with van der Waals surface area (Å²) >= 11 is 0. The number of carbonyl (C=O) groups is 1. The molecule has 2 saturated heterocycles. The molecule has 6 heteroatoms. The molecule has 0 spiro atoms. The van der Waals surface area contributed by atoms with Crippen molar-refractivity contribution in [3.05, 3.63) is 17.0 Å². The molecule has 0 aromatic carbocycles. The number of likely N-dealkylation sites (tertiary alicyclic amines) is 1. The second-order valence-corrected chi connectivity index (χ2v) is 7.13. The fraction of sp³-hybridized carbons (Fsp3) is 0.778. The molecule has 3 heterocycles. The second kappa shape index (κ2) is 7.23. The van der Waals surface area contributed by atoms with Crippen LogP contribution in [-0.2, 0) is 23.0 Å². The van der Waals surface area contributed by atoms with Crippen molar-refractivity contribution in [3.8, 4) is 0 Å². The van der Waals surface area contributed by atoms with Gasteiger partial charge in [-0.1, -0.05) is 13.3 Å². The van der Waals surface area contributed by atoms with Gasteiger partial charge in [-0.25, -0.2) is 0 Å². The van der Waals surface area contributed by atoms with Crippen molar-refractivity contribution in [2.24, 2.45) is 13.0 Å². The molecule has 0 saturated carbocycles. The van der Waals surface area contributed by atoms with E-state index in [9.17, 15) is 4.79 Å². The number of nitrogens with zero attached hydrogens (tertiary/aromatic N) is 4. The Hall–Kier alpha value is -1.40. The van der Waals surface area contributed by atoms with Crippen LogP contribution in [0.15, 0.2) is 0 Å². The first-order valence-corrected chi connectivity index (χ1v) is 9.09. The first kappa shape index (κ1) is 17.4. The van der Waals surface area contributed by atoms with Crippen molar-refractivity contribution in [3.63, 3.8) is 0 Å². The lowest BCUT2D eigenvalue weighted by atomic mass is 9.99. The molecule has 2 aliphatic rings. The molecule has 2 unspecified atom stereocenters. The summed E-state index contributed by atoms with van der Waals surface area (Å²) in [4.78, 5) is 17.5. The highest BCUT2D eigenvalue weighted by molar-refractivity contribution is 5.79. The molecule has 0 bridgehead atoms. The van der Waals surface area contributed by atoms with E-state index in [1.165, 1.54) is 0 Å². The summed E-state index contributed by atoms with van der Waals surface area (Å²) in [7, 11) is 1.94. The number of aromatic nitrogens is 2. The molecule has 1 amide bonds. The molecular weight excluding hydrogens is 304 g/mol. The summed E-state index contributed by atoms with van der Waals surface area (Å²) in [6.45, 7) is 11.6. The van der Waals surface area contributed by atoms with Crippen LogP contribution in [0.25, 0.3) is 0 Å².